The van der Waals surface area contributed by atoms with E-state index in [0.29, 0.717) is 22.4 Å². The van der Waals surface area contributed by atoms with E-state index in [-0.39, 0.29) is 6.10 Å². The van der Waals surface area contributed by atoms with E-state index in [4.69, 9.17) is 21.1 Å². The molecule has 0 saturated heterocycles. The van der Waals surface area contributed by atoms with Gasteiger partial charge >= 0.3 is 0 Å². The highest BCUT2D eigenvalue weighted by Crippen LogP contribution is 2.37. The van der Waals surface area contributed by atoms with Gasteiger partial charge in [-0.3, -0.25) is 0 Å². The highest BCUT2D eigenvalue weighted by atomic mass is 35.5. The molecule has 1 aromatic rings. The smallest absolute Gasteiger partial charge is 0.180 e. The minimum absolute atomic E-state index is 0.131. The summed E-state index contributed by atoms with van der Waals surface area (Å²) >= 11 is 6.37. The number of hydrogen-bond acceptors (Lipinski definition) is 3. The van der Waals surface area contributed by atoms with Crippen LogP contribution in [0.15, 0.2) is 12.1 Å². The largest absolute Gasteiger partial charge is 0.493 e. The van der Waals surface area contributed by atoms with Gasteiger partial charge in [0.25, 0.3) is 0 Å². The summed E-state index contributed by atoms with van der Waals surface area (Å²) in [5, 5.41) is 4.02. The van der Waals surface area contributed by atoms with Crippen LogP contribution in [0.25, 0.3) is 0 Å². The standard InChI is InChI=1S/C17H28ClNO2/c1-6-7-13(4)21-17-15(18)8-14(9-16(17)20-5)11-19-10-12(2)3/h8-9,12-13,19H,6-7,10-11H2,1-5H3. The van der Waals surface area contributed by atoms with E-state index in [1.807, 2.05) is 12.1 Å². The molecule has 0 radical (unpaired) electrons. The van der Waals surface area contributed by atoms with Crippen molar-refractivity contribution in [1.29, 1.82) is 0 Å². The SMILES string of the molecule is CCCC(C)Oc1c(Cl)cc(CNCC(C)C)cc1OC. The summed E-state index contributed by atoms with van der Waals surface area (Å²) in [7, 11) is 1.65. The fourth-order valence-corrected chi connectivity index (χ4v) is 2.44. The second-order valence-electron chi connectivity index (χ2n) is 5.85. The van der Waals surface area contributed by atoms with Gasteiger partial charge in [0.15, 0.2) is 11.5 Å². The number of hydrogen-bond donors (Lipinski definition) is 1. The first-order valence-electron chi connectivity index (χ1n) is 7.71. The molecule has 120 valence electrons. The summed E-state index contributed by atoms with van der Waals surface area (Å²) in [6, 6.07) is 3.94. The van der Waals surface area contributed by atoms with E-state index in [0.717, 1.165) is 31.5 Å². The van der Waals surface area contributed by atoms with Gasteiger partial charge in [-0.1, -0.05) is 38.8 Å². The van der Waals surface area contributed by atoms with Crippen molar-refractivity contribution in [2.75, 3.05) is 13.7 Å². The van der Waals surface area contributed by atoms with E-state index in [9.17, 15) is 0 Å². The molecule has 1 aromatic carbocycles. The topological polar surface area (TPSA) is 30.5 Å². The van der Waals surface area contributed by atoms with Crippen LogP contribution in [-0.4, -0.2) is 19.8 Å². The molecule has 0 bridgehead atoms. The molecule has 1 N–H and O–H groups in total. The van der Waals surface area contributed by atoms with Crippen molar-refractivity contribution < 1.29 is 9.47 Å². The third-order valence-electron chi connectivity index (χ3n) is 3.19. The van der Waals surface area contributed by atoms with Gasteiger partial charge in [-0.15, -0.1) is 0 Å². The molecule has 1 unspecified atom stereocenters. The van der Waals surface area contributed by atoms with Gasteiger partial charge in [0.2, 0.25) is 0 Å². The van der Waals surface area contributed by atoms with Crippen LogP contribution in [-0.2, 0) is 6.54 Å². The van der Waals surface area contributed by atoms with Crippen LogP contribution in [0.4, 0.5) is 0 Å². The van der Waals surface area contributed by atoms with Crippen molar-refractivity contribution in [3.8, 4) is 11.5 Å². The third-order valence-corrected chi connectivity index (χ3v) is 3.47. The van der Waals surface area contributed by atoms with Gasteiger partial charge in [-0.05, 0) is 43.5 Å². The van der Waals surface area contributed by atoms with Crippen LogP contribution in [0, 0.1) is 5.92 Å². The molecule has 1 rings (SSSR count). The quantitative estimate of drug-likeness (QED) is 0.719. The Labute approximate surface area is 134 Å². The molecular weight excluding hydrogens is 286 g/mol. The molecule has 1 atom stereocenters. The van der Waals surface area contributed by atoms with Gasteiger partial charge in [0.1, 0.15) is 0 Å². The Morgan fingerprint density at radius 2 is 1.95 bits per heavy atom. The number of benzene rings is 1. The molecule has 0 aliphatic carbocycles. The van der Waals surface area contributed by atoms with E-state index < -0.39 is 0 Å². The average Bonchev–Trinajstić information content (AvgIpc) is 2.41. The van der Waals surface area contributed by atoms with Crippen molar-refractivity contribution in [2.24, 2.45) is 5.92 Å². The third kappa shape index (κ3) is 6.15. The average molecular weight is 314 g/mol. The Morgan fingerprint density at radius 3 is 2.52 bits per heavy atom. The maximum absolute atomic E-state index is 6.37. The number of rotatable bonds is 9. The Hall–Kier alpha value is -0.930. The Kier molecular flexibility index (Phi) is 7.91. The molecule has 3 nitrogen and oxygen atoms in total. The first-order chi connectivity index (χ1) is 9.97. The van der Waals surface area contributed by atoms with Crippen LogP contribution in [0.5, 0.6) is 11.5 Å². The minimum atomic E-state index is 0.131. The second-order valence-corrected chi connectivity index (χ2v) is 6.26. The van der Waals surface area contributed by atoms with Crippen LogP contribution in [0.2, 0.25) is 5.02 Å². The molecule has 0 amide bonds. The van der Waals surface area contributed by atoms with Crippen molar-refractivity contribution >= 4 is 11.6 Å². The summed E-state index contributed by atoms with van der Waals surface area (Å²) in [6.45, 7) is 10.3. The van der Waals surface area contributed by atoms with Crippen LogP contribution >= 0.6 is 11.6 Å². The summed E-state index contributed by atoms with van der Waals surface area (Å²) in [6.07, 6.45) is 2.21. The highest BCUT2D eigenvalue weighted by molar-refractivity contribution is 6.32. The fourth-order valence-electron chi connectivity index (χ4n) is 2.16. The second kappa shape index (κ2) is 9.16. The van der Waals surface area contributed by atoms with E-state index in [1.54, 1.807) is 7.11 Å². The van der Waals surface area contributed by atoms with E-state index in [2.05, 4.69) is 33.0 Å². The zero-order valence-corrected chi connectivity index (χ0v) is 14.6. The fraction of sp³-hybridized carbons (Fsp3) is 0.647. The van der Waals surface area contributed by atoms with Gasteiger partial charge in [-0.25, -0.2) is 0 Å². The number of nitrogens with one attached hydrogen (secondary N) is 1. The van der Waals surface area contributed by atoms with Crippen molar-refractivity contribution in [1.82, 2.24) is 5.32 Å². The van der Waals surface area contributed by atoms with Crippen LogP contribution in [0.3, 0.4) is 0 Å². The zero-order chi connectivity index (χ0) is 15.8. The zero-order valence-electron chi connectivity index (χ0n) is 13.8. The lowest BCUT2D eigenvalue weighted by atomic mass is 10.1. The van der Waals surface area contributed by atoms with Crippen LogP contribution < -0.4 is 14.8 Å². The molecule has 0 spiro atoms. The number of methoxy groups -OCH3 is 1. The molecule has 4 heteroatoms. The lowest BCUT2D eigenvalue weighted by Crippen LogP contribution is -2.19. The first-order valence-corrected chi connectivity index (χ1v) is 8.09. The Morgan fingerprint density at radius 1 is 1.24 bits per heavy atom. The minimum Gasteiger partial charge on any atom is -0.493 e. The Bertz CT molecular complexity index is 435. The maximum atomic E-state index is 6.37. The lowest BCUT2D eigenvalue weighted by molar-refractivity contribution is 0.201. The van der Waals surface area contributed by atoms with Crippen molar-refractivity contribution in [2.45, 2.75) is 53.2 Å². The lowest BCUT2D eigenvalue weighted by Gasteiger charge is -2.19. The van der Waals surface area contributed by atoms with Crippen molar-refractivity contribution in [3.05, 3.63) is 22.7 Å². The summed E-state index contributed by atoms with van der Waals surface area (Å²) in [5.41, 5.74) is 1.10. The molecule has 0 fully saturated rings. The molecule has 0 heterocycles. The Balaban J connectivity index is 2.81. The predicted octanol–water partition coefficient (Wildman–Crippen LogP) is 4.66. The number of ether oxygens (including phenoxy) is 2. The first kappa shape index (κ1) is 18.1. The normalized spacial score (nSPS) is 12.5. The molecule has 0 aliphatic heterocycles. The van der Waals surface area contributed by atoms with Gasteiger partial charge in [-0.2, -0.15) is 0 Å². The molecular formula is C17H28ClNO2. The van der Waals surface area contributed by atoms with Gasteiger partial charge in [0.05, 0.1) is 18.2 Å². The highest BCUT2D eigenvalue weighted by Gasteiger charge is 2.14. The summed E-state index contributed by atoms with van der Waals surface area (Å²) in [4.78, 5) is 0. The molecule has 0 saturated carbocycles. The van der Waals surface area contributed by atoms with E-state index >= 15 is 0 Å². The molecule has 0 aromatic heterocycles. The monoisotopic (exact) mass is 313 g/mol. The predicted molar refractivity (Wildman–Crippen MR) is 89.5 cm³/mol. The van der Waals surface area contributed by atoms with Gasteiger partial charge in [0, 0.05) is 6.54 Å². The number of halogens is 1. The summed E-state index contributed by atoms with van der Waals surface area (Å²) < 4.78 is 11.4. The molecule has 0 aliphatic rings. The molecule has 21 heavy (non-hydrogen) atoms. The van der Waals surface area contributed by atoms with Crippen LogP contribution in [0.1, 0.15) is 46.1 Å². The van der Waals surface area contributed by atoms with Crippen molar-refractivity contribution in [3.63, 3.8) is 0 Å². The van der Waals surface area contributed by atoms with Gasteiger partial charge < -0.3 is 14.8 Å². The van der Waals surface area contributed by atoms with E-state index in [1.165, 1.54) is 0 Å². The maximum Gasteiger partial charge on any atom is 0.180 e. The summed E-state index contributed by atoms with van der Waals surface area (Å²) in [5.74, 6) is 1.97.